The highest BCUT2D eigenvalue weighted by Gasteiger charge is 2.28. The van der Waals surface area contributed by atoms with Crippen LogP contribution in [0, 0.1) is 0 Å². The first-order valence-electron chi connectivity index (χ1n) is 8.04. The van der Waals surface area contributed by atoms with Crippen LogP contribution in [0.3, 0.4) is 0 Å². The molecule has 0 radical (unpaired) electrons. The molecule has 1 heterocycles. The lowest BCUT2D eigenvalue weighted by atomic mass is 10.1. The molecule has 1 aliphatic heterocycles. The zero-order chi connectivity index (χ0) is 17.0. The van der Waals surface area contributed by atoms with Crippen LogP contribution in [-0.4, -0.2) is 50.3 Å². The van der Waals surface area contributed by atoms with Gasteiger partial charge in [0, 0.05) is 30.7 Å². The smallest absolute Gasteiger partial charge is 0.279 e. The van der Waals surface area contributed by atoms with Crippen LogP contribution in [0.2, 0.25) is 5.02 Å². The monoisotopic (exact) mass is 359 g/mol. The Hall–Kier alpha value is -0.660. The van der Waals surface area contributed by atoms with Gasteiger partial charge in [0.2, 0.25) is 0 Å². The van der Waals surface area contributed by atoms with Gasteiger partial charge in [-0.25, -0.2) is 4.72 Å². The van der Waals surface area contributed by atoms with Gasteiger partial charge in [0.25, 0.3) is 10.2 Å². The Morgan fingerprint density at radius 2 is 1.87 bits per heavy atom. The summed E-state index contributed by atoms with van der Waals surface area (Å²) in [5.41, 5.74) is 0.978. The molecular weight excluding hydrogens is 334 g/mol. The summed E-state index contributed by atoms with van der Waals surface area (Å²) < 4.78 is 28.8. The molecule has 2 rings (SSSR count). The Labute approximate surface area is 144 Å². The van der Waals surface area contributed by atoms with Gasteiger partial charge < -0.3 is 0 Å². The maximum absolute atomic E-state index is 12.4. The van der Waals surface area contributed by atoms with Crippen molar-refractivity contribution in [2.45, 2.75) is 38.8 Å². The van der Waals surface area contributed by atoms with E-state index in [9.17, 15) is 8.42 Å². The maximum atomic E-state index is 12.4. The van der Waals surface area contributed by atoms with Gasteiger partial charge in [0.15, 0.2) is 0 Å². The van der Waals surface area contributed by atoms with Gasteiger partial charge in [-0.1, -0.05) is 29.8 Å². The largest absolute Gasteiger partial charge is 0.295 e. The molecule has 0 aliphatic carbocycles. The van der Waals surface area contributed by atoms with Crippen molar-refractivity contribution in [2.75, 3.05) is 26.7 Å². The normalized spacial score (nSPS) is 18.0. The van der Waals surface area contributed by atoms with Gasteiger partial charge in [-0.2, -0.15) is 12.7 Å². The summed E-state index contributed by atoms with van der Waals surface area (Å²) in [6.45, 7) is 5.97. The fourth-order valence-electron chi connectivity index (χ4n) is 2.80. The van der Waals surface area contributed by atoms with E-state index in [1.165, 1.54) is 4.31 Å². The SMILES string of the molecule is CC(C)N(C)S(=O)(=O)NC[C@H](c1ccccc1Cl)N1CCCC1. The number of benzene rings is 1. The maximum Gasteiger partial charge on any atom is 0.279 e. The van der Waals surface area contributed by atoms with Crippen molar-refractivity contribution >= 4 is 21.8 Å². The van der Waals surface area contributed by atoms with E-state index < -0.39 is 10.2 Å². The van der Waals surface area contributed by atoms with Gasteiger partial charge >= 0.3 is 0 Å². The van der Waals surface area contributed by atoms with Crippen molar-refractivity contribution < 1.29 is 8.42 Å². The Bertz CT molecular complexity index is 616. The first-order valence-corrected chi connectivity index (χ1v) is 9.86. The molecule has 0 amide bonds. The summed E-state index contributed by atoms with van der Waals surface area (Å²) in [7, 11) is -1.90. The third-order valence-corrected chi connectivity index (χ3v) is 6.47. The second-order valence-electron chi connectivity index (χ2n) is 6.24. The molecule has 1 atom stereocenters. The molecule has 23 heavy (non-hydrogen) atoms. The van der Waals surface area contributed by atoms with Crippen LogP contribution in [0.4, 0.5) is 0 Å². The molecule has 0 spiro atoms. The van der Waals surface area contributed by atoms with E-state index in [0.29, 0.717) is 11.6 Å². The lowest BCUT2D eigenvalue weighted by Gasteiger charge is -2.30. The van der Waals surface area contributed by atoms with E-state index in [-0.39, 0.29) is 12.1 Å². The average Bonchev–Trinajstić information content (AvgIpc) is 3.02. The molecule has 5 nitrogen and oxygen atoms in total. The van der Waals surface area contributed by atoms with E-state index in [4.69, 9.17) is 11.6 Å². The van der Waals surface area contributed by atoms with Crippen LogP contribution in [0.15, 0.2) is 24.3 Å². The average molecular weight is 360 g/mol. The highest BCUT2D eigenvalue weighted by molar-refractivity contribution is 7.87. The fraction of sp³-hybridized carbons (Fsp3) is 0.625. The van der Waals surface area contributed by atoms with Crippen molar-refractivity contribution in [3.8, 4) is 0 Å². The van der Waals surface area contributed by atoms with E-state index in [1.54, 1.807) is 7.05 Å². The van der Waals surface area contributed by atoms with Crippen LogP contribution in [-0.2, 0) is 10.2 Å². The van der Waals surface area contributed by atoms with Crippen LogP contribution >= 0.6 is 11.6 Å². The minimum atomic E-state index is -3.49. The fourth-order valence-corrected chi connectivity index (χ4v) is 4.19. The number of likely N-dealkylation sites (tertiary alicyclic amines) is 1. The minimum absolute atomic E-state index is 0.0402. The Kier molecular flexibility index (Phi) is 6.45. The predicted octanol–water partition coefficient (Wildman–Crippen LogP) is 2.65. The topological polar surface area (TPSA) is 52.7 Å². The highest BCUT2D eigenvalue weighted by Crippen LogP contribution is 2.29. The van der Waals surface area contributed by atoms with E-state index in [1.807, 2.05) is 38.1 Å². The third-order valence-electron chi connectivity index (χ3n) is 4.41. The molecule has 0 bridgehead atoms. The zero-order valence-electron chi connectivity index (χ0n) is 14.0. The van der Waals surface area contributed by atoms with Gasteiger partial charge in [0.1, 0.15) is 0 Å². The number of nitrogens with one attached hydrogen (secondary N) is 1. The van der Waals surface area contributed by atoms with Gasteiger partial charge in [0.05, 0.1) is 0 Å². The Balaban J connectivity index is 2.18. The van der Waals surface area contributed by atoms with Crippen molar-refractivity contribution in [3.63, 3.8) is 0 Å². The lowest BCUT2D eigenvalue weighted by Crippen LogP contribution is -2.45. The molecule has 1 aromatic carbocycles. The number of hydrogen-bond donors (Lipinski definition) is 1. The predicted molar refractivity (Wildman–Crippen MR) is 94.8 cm³/mol. The quantitative estimate of drug-likeness (QED) is 0.814. The first kappa shape index (κ1) is 18.7. The van der Waals surface area contributed by atoms with Crippen LogP contribution in [0.5, 0.6) is 0 Å². The first-order chi connectivity index (χ1) is 10.8. The van der Waals surface area contributed by atoms with E-state index in [2.05, 4.69) is 9.62 Å². The van der Waals surface area contributed by atoms with Gasteiger partial charge in [-0.15, -0.1) is 0 Å². The van der Waals surface area contributed by atoms with Gasteiger partial charge in [-0.05, 0) is 51.4 Å². The number of rotatable bonds is 7. The number of halogens is 1. The summed E-state index contributed by atoms with van der Waals surface area (Å²) in [6, 6.07) is 7.54. The molecule has 1 aromatic rings. The summed E-state index contributed by atoms with van der Waals surface area (Å²) in [5, 5.41) is 0.681. The second kappa shape index (κ2) is 7.94. The summed E-state index contributed by atoms with van der Waals surface area (Å²) in [4.78, 5) is 2.30. The lowest BCUT2D eigenvalue weighted by molar-refractivity contribution is 0.245. The van der Waals surface area contributed by atoms with Crippen molar-refractivity contribution in [1.29, 1.82) is 0 Å². The van der Waals surface area contributed by atoms with Crippen molar-refractivity contribution in [1.82, 2.24) is 13.9 Å². The van der Waals surface area contributed by atoms with Crippen molar-refractivity contribution in [2.24, 2.45) is 0 Å². The molecule has 0 unspecified atom stereocenters. The van der Waals surface area contributed by atoms with Crippen LogP contribution in [0.25, 0.3) is 0 Å². The minimum Gasteiger partial charge on any atom is -0.295 e. The Morgan fingerprint density at radius 3 is 2.43 bits per heavy atom. The molecule has 1 N–H and O–H groups in total. The number of hydrogen-bond acceptors (Lipinski definition) is 3. The number of nitrogens with zero attached hydrogens (tertiary/aromatic N) is 2. The highest BCUT2D eigenvalue weighted by atomic mass is 35.5. The summed E-state index contributed by atoms with van der Waals surface area (Å²) >= 11 is 6.35. The van der Waals surface area contributed by atoms with E-state index in [0.717, 1.165) is 31.5 Å². The molecule has 7 heteroatoms. The van der Waals surface area contributed by atoms with Gasteiger partial charge in [-0.3, -0.25) is 4.90 Å². The standard InChI is InChI=1S/C16H26ClN3O2S/c1-13(2)19(3)23(21,22)18-12-16(20-10-6-7-11-20)14-8-4-5-9-15(14)17/h4-5,8-9,13,16,18H,6-7,10-12H2,1-3H3/t16-/m1/s1. The van der Waals surface area contributed by atoms with Crippen LogP contribution in [0.1, 0.15) is 38.3 Å². The molecule has 130 valence electrons. The summed E-state index contributed by atoms with van der Waals surface area (Å²) in [5.74, 6) is 0. The van der Waals surface area contributed by atoms with E-state index >= 15 is 0 Å². The molecule has 1 fully saturated rings. The third kappa shape index (κ3) is 4.67. The van der Waals surface area contributed by atoms with Crippen LogP contribution < -0.4 is 4.72 Å². The zero-order valence-corrected chi connectivity index (χ0v) is 15.6. The molecule has 1 aliphatic rings. The molecule has 0 aromatic heterocycles. The Morgan fingerprint density at radius 1 is 1.26 bits per heavy atom. The van der Waals surface area contributed by atoms with Crippen molar-refractivity contribution in [3.05, 3.63) is 34.9 Å². The second-order valence-corrected chi connectivity index (χ2v) is 8.47. The summed E-state index contributed by atoms with van der Waals surface area (Å²) in [6.07, 6.45) is 2.28. The molecular formula is C16H26ClN3O2S. The molecule has 1 saturated heterocycles. The molecule has 0 saturated carbocycles.